The number of rotatable bonds is 7. The average molecular weight is 308 g/mol. The van der Waals surface area contributed by atoms with Crippen LogP contribution in [-0.4, -0.2) is 49.7 Å². The maximum Gasteiger partial charge on any atom is 0.244 e. The Hall–Kier alpha value is -1.46. The van der Waals surface area contributed by atoms with Gasteiger partial charge in [-0.25, -0.2) is 4.39 Å². The standard InChI is InChI=1S/C17H25FN2O2/c1-13(2)22-12-6-10-19(3)16-9-11-20(17(16)21)15-8-5-4-7-14(15)18/h4-5,7-8,13,16H,6,9-12H2,1-3H3. The molecule has 1 aromatic carbocycles. The number of hydrogen-bond donors (Lipinski definition) is 0. The first-order valence-corrected chi connectivity index (χ1v) is 7.88. The normalized spacial score (nSPS) is 18.7. The minimum absolute atomic E-state index is 0.0163. The van der Waals surface area contributed by atoms with Crippen molar-refractivity contribution in [2.45, 2.75) is 38.8 Å². The van der Waals surface area contributed by atoms with Crippen molar-refractivity contribution >= 4 is 11.6 Å². The summed E-state index contributed by atoms with van der Waals surface area (Å²) >= 11 is 0. The SMILES string of the molecule is CC(C)OCCCN(C)C1CCN(c2ccccc2F)C1=O. The molecule has 0 aliphatic carbocycles. The lowest BCUT2D eigenvalue weighted by Gasteiger charge is -2.24. The van der Waals surface area contributed by atoms with Crippen molar-refractivity contribution in [3.8, 4) is 0 Å². The number of hydrogen-bond acceptors (Lipinski definition) is 3. The van der Waals surface area contributed by atoms with Gasteiger partial charge in [-0.2, -0.15) is 0 Å². The van der Waals surface area contributed by atoms with Crippen LogP contribution in [0, 0.1) is 5.82 Å². The van der Waals surface area contributed by atoms with Gasteiger partial charge >= 0.3 is 0 Å². The molecular weight excluding hydrogens is 283 g/mol. The number of likely N-dealkylation sites (N-methyl/N-ethyl adjacent to an activating group) is 1. The second kappa shape index (κ2) is 7.70. The van der Waals surface area contributed by atoms with Crippen LogP contribution in [-0.2, 0) is 9.53 Å². The number of anilines is 1. The van der Waals surface area contributed by atoms with Crippen LogP contribution in [0.15, 0.2) is 24.3 Å². The van der Waals surface area contributed by atoms with E-state index in [-0.39, 0.29) is 23.9 Å². The number of nitrogens with zero attached hydrogens (tertiary/aromatic N) is 2. The van der Waals surface area contributed by atoms with Gasteiger partial charge in [0.05, 0.1) is 17.8 Å². The molecule has 0 aromatic heterocycles. The van der Waals surface area contributed by atoms with Crippen LogP contribution in [0.25, 0.3) is 0 Å². The molecule has 1 amide bonds. The Morgan fingerprint density at radius 3 is 2.82 bits per heavy atom. The van der Waals surface area contributed by atoms with Crippen LogP contribution in [0.4, 0.5) is 10.1 Å². The highest BCUT2D eigenvalue weighted by Gasteiger charge is 2.35. The monoisotopic (exact) mass is 308 g/mol. The highest BCUT2D eigenvalue weighted by atomic mass is 19.1. The number of benzene rings is 1. The summed E-state index contributed by atoms with van der Waals surface area (Å²) in [4.78, 5) is 16.1. The van der Waals surface area contributed by atoms with Gasteiger partial charge in [-0.15, -0.1) is 0 Å². The Morgan fingerprint density at radius 2 is 2.14 bits per heavy atom. The first-order chi connectivity index (χ1) is 10.5. The second-order valence-electron chi connectivity index (χ2n) is 6.00. The zero-order valence-electron chi connectivity index (χ0n) is 13.6. The van der Waals surface area contributed by atoms with E-state index in [0.29, 0.717) is 18.8 Å². The van der Waals surface area contributed by atoms with Gasteiger partial charge in [0.15, 0.2) is 0 Å². The summed E-state index contributed by atoms with van der Waals surface area (Å²) in [5, 5.41) is 0. The lowest BCUT2D eigenvalue weighted by atomic mass is 10.2. The van der Waals surface area contributed by atoms with Gasteiger partial charge in [-0.3, -0.25) is 9.69 Å². The molecule has 122 valence electrons. The summed E-state index contributed by atoms with van der Waals surface area (Å²) in [5.41, 5.74) is 0.381. The predicted molar refractivity (Wildman–Crippen MR) is 85.5 cm³/mol. The van der Waals surface area contributed by atoms with Crippen LogP contribution in [0.1, 0.15) is 26.7 Å². The van der Waals surface area contributed by atoms with Gasteiger partial charge < -0.3 is 9.64 Å². The van der Waals surface area contributed by atoms with E-state index in [2.05, 4.69) is 0 Å². The third kappa shape index (κ3) is 4.05. The van der Waals surface area contributed by atoms with E-state index in [1.54, 1.807) is 23.1 Å². The summed E-state index contributed by atoms with van der Waals surface area (Å²) < 4.78 is 19.4. The molecule has 1 atom stereocenters. The van der Waals surface area contributed by atoms with Gasteiger partial charge in [0, 0.05) is 19.7 Å². The summed E-state index contributed by atoms with van der Waals surface area (Å²) in [5.74, 6) is -0.359. The molecule has 0 bridgehead atoms. The molecule has 1 aliphatic rings. The van der Waals surface area contributed by atoms with Gasteiger partial charge in [-0.1, -0.05) is 12.1 Å². The van der Waals surface area contributed by atoms with Crippen LogP contribution in [0.2, 0.25) is 0 Å². The minimum atomic E-state index is -0.343. The maximum absolute atomic E-state index is 13.8. The number of ether oxygens (including phenoxy) is 1. The van der Waals surface area contributed by atoms with Gasteiger partial charge in [0.25, 0.3) is 0 Å². The Balaban J connectivity index is 1.89. The zero-order chi connectivity index (χ0) is 16.1. The van der Waals surface area contributed by atoms with Crippen molar-refractivity contribution in [2.75, 3.05) is 31.6 Å². The van der Waals surface area contributed by atoms with E-state index < -0.39 is 0 Å². The largest absolute Gasteiger partial charge is 0.379 e. The Bertz CT molecular complexity index is 507. The van der Waals surface area contributed by atoms with Crippen molar-refractivity contribution in [2.24, 2.45) is 0 Å². The molecular formula is C17H25FN2O2. The lowest BCUT2D eigenvalue weighted by molar-refractivity contribution is -0.121. The van der Waals surface area contributed by atoms with E-state index in [1.807, 2.05) is 25.8 Å². The minimum Gasteiger partial charge on any atom is -0.379 e. The zero-order valence-corrected chi connectivity index (χ0v) is 13.6. The van der Waals surface area contributed by atoms with Crippen LogP contribution >= 0.6 is 0 Å². The molecule has 1 aromatic rings. The quantitative estimate of drug-likeness (QED) is 0.726. The fourth-order valence-corrected chi connectivity index (χ4v) is 2.77. The van der Waals surface area contributed by atoms with Crippen LogP contribution in [0.3, 0.4) is 0 Å². The van der Waals surface area contributed by atoms with Crippen LogP contribution in [0.5, 0.6) is 0 Å². The highest BCUT2D eigenvalue weighted by molar-refractivity contribution is 5.99. The molecule has 1 heterocycles. The average Bonchev–Trinajstić information content (AvgIpc) is 2.85. The molecule has 5 heteroatoms. The van der Waals surface area contributed by atoms with E-state index >= 15 is 0 Å². The second-order valence-corrected chi connectivity index (χ2v) is 6.00. The first kappa shape index (κ1) is 16.9. The molecule has 1 fully saturated rings. The smallest absolute Gasteiger partial charge is 0.244 e. The molecule has 1 unspecified atom stereocenters. The van der Waals surface area contributed by atoms with Gasteiger partial charge in [0.1, 0.15) is 5.82 Å². The number of para-hydroxylation sites is 1. The Kier molecular flexibility index (Phi) is 5.91. The highest BCUT2D eigenvalue weighted by Crippen LogP contribution is 2.26. The molecule has 0 radical (unpaired) electrons. The summed E-state index contributed by atoms with van der Waals surface area (Å²) in [6.07, 6.45) is 1.85. The van der Waals surface area contributed by atoms with Crippen molar-refractivity contribution in [1.29, 1.82) is 0 Å². The van der Waals surface area contributed by atoms with E-state index in [4.69, 9.17) is 4.74 Å². The fraction of sp³-hybridized carbons (Fsp3) is 0.588. The van der Waals surface area contributed by atoms with Gasteiger partial charge in [0.2, 0.25) is 5.91 Å². The van der Waals surface area contributed by atoms with Crippen molar-refractivity contribution in [1.82, 2.24) is 4.90 Å². The topological polar surface area (TPSA) is 32.8 Å². The van der Waals surface area contributed by atoms with Gasteiger partial charge in [-0.05, 0) is 45.9 Å². The number of carbonyl (C=O) groups is 1. The summed E-state index contributed by atoms with van der Waals surface area (Å²) in [7, 11) is 1.95. The fourth-order valence-electron chi connectivity index (χ4n) is 2.77. The van der Waals surface area contributed by atoms with E-state index in [9.17, 15) is 9.18 Å². The van der Waals surface area contributed by atoms with Crippen molar-refractivity contribution < 1.29 is 13.9 Å². The van der Waals surface area contributed by atoms with E-state index in [0.717, 1.165) is 19.4 Å². The molecule has 4 nitrogen and oxygen atoms in total. The Labute approximate surface area is 131 Å². The molecule has 0 saturated carbocycles. The van der Waals surface area contributed by atoms with E-state index in [1.165, 1.54) is 6.07 Å². The molecule has 0 spiro atoms. The third-order valence-corrected chi connectivity index (χ3v) is 3.96. The van der Waals surface area contributed by atoms with Crippen molar-refractivity contribution in [3.05, 3.63) is 30.1 Å². The summed E-state index contributed by atoms with van der Waals surface area (Å²) in [6, 6.07) is 6.28. The van der Waals surface area contributed by atoms with Crippen molar-refractivity contribution in [3.63, 3.8) is 0 Å². The first-order valence-electron chi connectivity index (χ1n) is 7.88. The van der Waals surface area contributed by atoms with Crippen LogP contribution < -0.4 is 4.90 Å². The maximum atomic E-state index is 13.8. The number of amides is 1. The lowest BCUT2D eigenvalue weighted by Crippen LogP contribution is -2.40. The number of carbonyl (C=O) groups excluding carboxylic acids is 1. The Morgan fingerprint density at radius 1 is 1.41 bits per heavy atom. The predicted octanol–water partition coefficient (Wildman–Crippen LogP) is 2.68. The third-order valence-electron chi connectivity index (χ3n) is 3.96. The molecule has 1 saturated heterocycles. The molecule has 2 rings (SSSR count). The molecule has 22 heavy (non-hydrogen) atoms. The number of halogens is 1. The molecule has 1 aliphatic heterocycles. The summed E-state index contributed by atoms with van der Waals surface area (Å²) in [6.45, 7) is 6.08. The molecule has 0 N–H and O–H groups in total.